The summed E-state index contributed by atoms with van der Waals surface area (Å²) in [5.41, 5.74) is 1.08. The first-order chi connectivity index (χ1) is 15.1. The van der Waals surface area contributed by atoms with Gasteiger partial charge in [0.1, 0.15) is 11.9 Å². The second-order valence-corrected chi connectivity index (χ2v) is 7.42. The summed E-state index contributed by atoms with van der Waals surface area (Å²) in [6, 6.07) is 7.04. The molecule has 1 saturated heterocycles. The molecular formula is C21H27F3N2O6. The number of halogens is 3. The van der Waals surface area contributed by atoms with E-state index in [1.165, 1.54) is 0 Å². The molecule has 0 saturated carbocycles. The molecule has 1 fully saturated rings. The lowest BCUT2D eigenvalue weighted by Crippen LogP contribution is -2.48. The van der Waals surface area contributed by atoms with Gasteiger partial charge in [-0.05, 0) is 38.3 Å². The Morgan fingerprint density at radius 2 is 1.88 bits per heavy atom. The van der Waals surface area contributed by atoms with Gasteiger partial charge in [0.2, 0.25) is 5.91 Å². The third-order valence-corrected chi connectivity index (χ3v) is 4.65. The highest BCUT2D eigenvalue weighted by molar-refractivity contribution is 5.88. The number of ketones is 1. The van der Waals surface area contributed by atoms with Crippen LogP contribution in [0.3, 0.4) is 0 Å². The zero-order chi connectivity index (χ0) is 23.6. The molecule has 1 aliphatic heterocycles. The van der Waals surface area contributed by atoms with Gasteiger partial charge >= 0.3 is 6.36 Å². The van der Waals surface area contributed by atoms with Crippen molar-refractivity contribution >= 4 is 17.6 Å². The maximum atomic E-state index is 12.1. The molecule has 1 heterocycles. The van der Waals surface area contributed by atoms with E-state index >= 15 is 0 Å². The van der Waals surface area contributed by atoms with E-state index in [0.29, 0.717) is 18.6 Å². The first-order valence-corrected chi connectivity index (χ1v) is 10.2. The average Bonchev–Trinajstić information content (AvgIpc) is 2.74. The summed E-state index contributed by atoms with van der Waals surface area (Å²) < 4.78 is 50.0. The molecule has 2 rings (SSSR count). The summed E-state index contributed by atoms with van der Waals surface area (Å²) in [5, 5.41) is 5.21. The number of benzene rings is 1. The van der Waals surface area contributed by atoms with Crippen LogP contribution in [0, 0.1) is 6.92 Å². The number of Topliss-reactive ketones (excluding diaryl/α,β-unsaturated/α-hetero) is 1. The van der Waals surface area contributed by atoms with E-state index in [2.05, 4.69) is 15.4 Å². The third kappa shape index (κ3) is 10.1. The molecule has 0 bridgehead atoms. The van der Waals surface area contributed by atoms with Crippen LogP contribution in [0.25, 0.3) is 0 Å². The van der Waals surface area contributed by atoms with E-state index in [9.17, 15) is 27.6 Å². The van der Waals surface area contributed by atoms with Crippen molar-refractivity contribution in [2.75, 3.05) is 26.4 Å². The van der Waals surface area contributed by atoms with Crippen molar-refractivity contribution in [3.8, 4) is 5.75 Å². The van der Waals surface area contributed by atoms with Crippen LogP contribution in [0.1, 0.15) is 31.2 Å². The second kappa shape index (κ2) is 12.4. The van der Waals surface area contributed by atoms with Crippen molar-refractivity contribution < 1.29 is 41.8 Å². The quantitative estimate of drug-likeness (QED) is 0.490. The maximum absolute atomic E-state index is 12.1. The number of alkyl halides is 3. The van der Waals surface area contributed by atoms with E-state index in [4.69, 9.17) is 9.47 Å². The Bertz CT molecular complexity index is 762. The van der Waals surface area contributed by atoms with Gasteiger partial charge in [-0.3, -0.25) is 19.1 Å². The molecule has 1 aromatic rings. The van der Waals surface area contributed by atoms with E-state index < -0.39 is 30.8 Å². The van der Waals surface area contributed by atoms with Gasteiger partial charge in [0.05, 0.1) is 25.8 Å². The Morgan fingerprint density at radius 1 is 1.16 bits per heavy atom. The van der Waals surface area contributed by atoms with Crippen LogP contribution >= 0.6 is 0 Å². The van der Waals surface area contributed by atoms with Crippen molar-refractivity contribution in [2.24, 2.45) is 0 Å². The SMILES string of the molecule is Cc1ccc(OCC(=O)N[C@@H]2CC[C@@H](C(=O)NCC(=O)CCCOC(F)(F)F)OC2)cc1. The zero-order valence-corrected chi connectivity index (χ0v) is 17.7. The van der Waals surface area contributed by atoms with E-state index in [0.717, 1.165) is 5.56 Å². The smallest absolute Gasteiger partial charge is 0.484 e. The molecule has 0 spiro atoms. The highest BCUT2D eigenvalue weighted by atomic mass is 19.4. The summed E-state index contributed by atoms with van der Waals surface area (Å²) in [7, 11) is 0. The summed E-state index contributed by atoms with van der Waals surface area (Å²) in [5.74, 6) is -0.594. The van der Waals surface area contributed by atoms with Crippen LogP contribution in [0.2, 0.25) is 0 Å². The first kappa shape index (κ1) is 25.6. The van der Waals surface area contributed by atoms with Crippen molar-refractivity contribution in [1.29, 1.82) is 0 Å². The number of nitrogens with one attached hydrogen (secondary N) is 2. The Kier molecular flexibility index (Phi) is 9.92. The average molecular weight is 460 g/mol. The minimum Gasteiger partial charge on any atom is -0.484 e. The number of rotatable bonds is 11. The number of carbonyl (C=O) groups is 3. The molecule has 11 heteroatoms. The van der Waals surface area contributed by atoms with Crippen molar-refractivity contribution in [1.82, 2.24) is 10.6 Å². The van der Waals surface area contributed by atoms with Crippen LogP contribution in [-0.2, 0) is 23.9 Å². The molecule has 178 valence electrons. The van der Waals surface area contributed by atoms with Crippen LogP contribution < -0.4 is 15.4 Å². The molecule has 0 radical (unpaired) electrons. The van der Waals surface area contributed by atoms with Crippen molar-refractivity contribution in [2.45, 2.75) is 51.1 Å². The Hall–Kier alpha value is -2.66. The predicted octanol–water partition coefficient (Wildman–Crippen LogP) is 2.04. The van der Waals surface area contributed by atoms with Gasteiger partial charge in [0, 0.05) is 6.42 Å². The summed E-state index contributed by atoms with van der Waals surface area (Å²) >= 11 is 0. The molecule has 2 N–H and O–H groups in total. The summed E-state index contributed by atoms with van der Waals surface area (Å²) in [6.07, 6.45) is -4.85. The largest absolute Gasteiger partial charge is 0.522 e. The molecule has 2 amide bonds. The molecule has 8 nitrogen and oxygen atoms in total. The number of hydrogen-bond acceptors (Lipinski definition) is 6. The Morgan fingerprint density at radius 3 is 2.50 bits per heavy atom. The standard InChI is InChI=1S/C21H27F3N2O6/c1-14-4-7-17(8-5-14)30-13-19(28)26-15-6-9-18(31-12-15)20(29)25-11-16(27)3-2-10-32-21(22,23)24/h4-5,7-8,15,18H,2-3,6,9-13H2,1H3,(H,25,29)(H,26,28)/t15-,18+/m1/s1. The molecule has 1 aliphatic rings. The molecular weight excluding hydrogens is 433 g/mol. The molecule has 1 aromatic carbocycles. The number of amides is 2. The fraction of sp³-hybridized carbons (Fsp3) is 0.571. The molecule has 0 aliphatic carbocycles. The maximum Gasteiger partial charge on any atom is 0.522 e. The lowest BCUT2D eigenvalue weighted by Gasteiger charge is -2.28. The van der Waals surface area contributed by atoms with Gasteiger partial charge in [0.25, 0.3) is 5.91 Å². The molecule has 0 aromatic heterocycles. The van der Waals surface area contributed by atoms with Gasteiger partial charge in [0.15, 0.2) is 12.4 Å². The first-order valence-electron chi connectivity index (χ1n) is 10.2. The Labute approximate surface area is 183 Å². The van der Waals surface area contributed by atoms with Gasteiger partial charge in [-0.25, -0.2) is 0 Å². The van der Waals surface area contributed by atoms with Crippen LogP contribution in [0.4, 0.5) is 13.2 Å². The lowest BCUT2D eigenvalue weighted by atomic mass is 10.0. The van der Waals surface area contributed by atoms with Crippen molar-refractivity contribution in [3.63, 3.8) is 0 Å². The van der Waals surface area contributed by atoms with Crippen LogP contribution in [0.15, 0.2) is 24.3 Å². The second-order valence-electron chi connectivity index (χ2n) is 7.42. The lowest BCUT2D eigenvalue weighted by molar-refractivity contribution is -0.324. The van der Waals surface area contributed by atoms with Gasteiger partial charge in [-0.1, -0.05) is 17.7 Å². The normalized spacial score (nSPS) is 18.6. The van der Waals surface area contributed by atoms with Gasteiger partial charge in [-0.2, -0.15) is 0 Å². The number of hydrogen-bond donors (Lipinski definition) is 2. The van der Waals surface area contributed by atoms with E-state index in [-0.39, 0.29) is 44.5 Å². The topological polar surface area (TPSA) is 103 Å². The van der Waals surface area contributed by atoms with E-state index in [1.807, 2.05) is 19.1 Å². The van der Waals surface area contributed by atoms with Gasteiger partial charge < -0.3 is 20.1 Å². The highest BCUT2D eigenvalue weighted by Crippen LogP contribution is 2.17. The number of aryl methyl sites for hydroxylation is 1. The van der Waals surface area contributed by atoms with Gasteiger partial charge in [-0.15, -0.1) is 13.2 Å². The highest BCUT2D eigenvalue weighted by Gasteiger charge is 2.29. The fourth-order valence-corrected chi connectivity index (χ4v) is 2.97. The van der Waals surface area contributed by atoms with Crippen LogP contribution in [0.5, 0.6) is 5.75 Å². The third-order valence-electron chi connectivity index (χ3n) is 4.65. The summed E-state index contributed by atoms with van der Waals surface area (Å²) in [6.45, 7) is 1.04. The van der Waals surface area contributed by atoms with Crippen molar-refractivity contribution in [3.05, 3.63) is 29.8 Å². The Balaban J connectivity index is 1.58. The zero-order valence-electron chi connectivity index (χ0n) is 17.7. The monoisotopic (exact) mass is 460 g/mol. The molecule has 0 unspecified atom stereocenters. The predicted molar refractivity (Wildman–Crippen MR) is 107 cm³/mol. The molecule has 2 atom stereocenters. The fourth-order valence-electron chi connectivity index (χ4n) is 2.97. The number of carbonyl (C=O) groups excluding carboxylic acids is 3. The minimum absolute atomic E-state index is 0.0941. The van der Waals surface area contributed by atoms with E-state index in [1.54, 1.807) is 12.1 Å². The minimum atomic E-state index is -4.72. The molecule has 32 heavy (non-hydrogen) atoms. The number of ether oxygens (including phenoxy) is 3. The summed E-state index contributed by atoms with van der Waals surface area (Å²) in [4.78, 5) is 35.8. The van der Waals surface area contributed by atoms with Crippen LogP contribution in [-0.4, -0.2) is 62.5 Å².